The van der Waals surface area contributed by atoms with E-state index in [2.05, 4.69) is 0 Å². The molecule has 1 amide bonds. The molecule has 156 valence electrons. The third-order valence-corrected chi connectivity index (χ3v) is 6.61. The lowest BCUT2D eigenvalue weighted by Crippen LogP contribution is -2.27. The SMILES string of the molecule is Cc1cccc(CN2C(=O)/C(=C/c3ccc(-c4ccc(C(=O)O)cc4)o3)SC2=S)c1C. The van der Waals surface area contributed by atoms with Crippen LogP contribution in [0.4, 0.5) is 0 Å². The first-order chi connectivity index (χ1) is 14.8. The predicted molar refractivity (Wildman–Crippen MR) is 126 cm³/mol. The molecule has 0 atom stereocenters. The Kier molecular flexibility index (Phi) is 5.80. The van der Waals surface area contributed by atoms with Gasteiger partial charge < -0.3 is 9.52 Å². The van der Waals surface area contributed by atoms with E-state index in [1.54, 1.807) is 35.2 Å². The highest BCUT2D eigenvalue weighted by Gasteiger charge is 2.32. The fourth-order valence-electron chi connectivity index (χ4n) is 3.28. The summed E-state index contributed by atoms with van der Waals surface area (Å²) in [7, 11) is 0. The summed E-state index contributed by atoms with van der Waals surface area (Å²) in [6, 6.07) is 16.0. The smallest absolute Gasteiger partial charge is 0.335 e. The molecule has 0 unspecified atom stereocenters. The molecule has 1 fully saturated rings. The van der Waals surface area contributed by atoms with Gasteiger partial charge in [-0.25, -0.2) is 4.79 Å². The maximum atomic E-state index is 13.0. The van der Waals surface area contributed by atoms with E-state index in [9.17, 15) is 9.59 Å². The molecule has 0 saturated carbocycles. The number of rotatable bonds is 5. The molecule has 1 N–H and O–H groups in total. The molecule has 2 aromatic carbocycles. The zero-order valence-corrected chi connectivity index (χ0v) is 18.5. The van der Waals surface area contributed by atoms with Crippen LogP contribution in [0.15, 0.2) is 63.9 Å². The van der Waals surface area contributed by atoms with Gasteiger partial charge >= 0.3 is 5.97 Å². The number of furan rings is 1. The molecule has 7 heteroatoms. The summed E-state index contributed by atoms with van der Waals surface area (Å²) in [6.07, 6.45) is 1.69. The first-order valence-corrected chi connectivity index (χ1v) is 10.8. The van der Waals surface area contributed by atoms with E-state index in [1.165, 1.54) is 29.5 Å². The lowest BCUT2D eigenvalue weighted by molar-refractivity contribution is -0.122. The van der Waals surface area contributed by atoms with Crippen molar-refractivity contribution in [3.05, 3.63) is 87.5 Å². The van der Waals surface area contributed by atoms with Gasteiger partial charge in [-0.3, -0.25) is 9.69 Å². The molecule has 1 aromatic heterocycles. The number of carbonyl (C=O) groups is 2. The van der Waals surface area contributed by atoms with Crippen LogP contribution in [0.25, 0.3) is 17.4 Å². The van der Waals surface area contributed by atoms with E-state index >= 15 is 0 Å². The van der Waals surface area contributed by atoms with Crippen molar-refractivity contribution in [3.8, 4) is 11.3 Å². The Bertz CT molecular complexity index is 1220. The predicted octanol–water partition coefficient (Wildman–Crippen LogP) is 5.66. The van der Waals surface area contributed by atoms with Crippen molar-refractivity contribution < 1.29 is 19.1 Å². The van der Waals surface area contributed by atoms with E-state index in [0.29, 0.717) is 27.3 Å². The molecule has 0 radical (unpaired) electrons. The first-order valence-electron chi connectivity index (χ1n) is 9.57. The number of amides is 1. The van der Waals surface area contributed by atoms with Crippen LogP contribution >= 0.6 is 24.0 Å². The lowest BCUT2D eigenvalue weighted by atomic mass is 10.0. The van der Waals surface area contributed by atoms with Crippen LogP contribution in [0.5, 0.6) is 0 Å². The van der Waals surface area contributed by atoms with E-state index in [-0.39, 0.29) is 11.5 Å². The molecule has 0 spiro atoms. The van der Waals surface area contributed by atoms with Crippen molar-refractivity contribution in [2.45, 2.75) is 20.4 Å². The second-order valence-corrected chi connectivity index (χ2v) is 8.89. The van der Waals surface area contributed by atoms with E-state index in [4.69, 9.17) is 21.7 Å². The molecular formula is C24H19NO4S2. The standard InChI is InChI=1S/C24H19NO4S2/c1-14-4-3-5-18(15(14)2)13-25-22(26)21(31-24(25)30)12-19-10-11-20(29-19)16-6-8-17(9-7-16)23(27)28/h3-12H,13H2,1-2H3,(H,27,28)/b21-12-. The number of thiocarbonyl (C=S) groups is 1. The van der Waals surface area contributed by atoms with Gasteiger partial charge in [-0.2, -0.15) is 0 Å². The van der Waals surface area contributed by atoms with E-state index in [1.807, 2.05) is 32.0 Å². The third kappa shape index (κ3) is 4.33. The molecule has 4 rings (SSSR count). The zero-order chi connectivity index (χ0) is 22.1. The number of aryl methyl sites for hydroxylation is 1. The number of carboxylic acids is 1. The second kappa shape index (κ2) is 8.53. The number of aromatic carboxylic acids is 1. The minimum absolute atomic E-state index is 0.139. The summed E-state index contributed by atoms with van der Waals surface area (Å²) in [4.78, 5) is 26.1. The summed E-state index contributed by atoms with van der Waals surface area (Å²) < 4.78 is 6.37. The van der Waals surface area contributed by atoms with Crippen molar-refractivity contribution in [1.29, 1.82) is 0 Å². The topological polar surface area (TPSA) is 70.8 Å². The minimum Gasteiger partial charge on any atom is -0.478 e. The van der Waals surface area contributed by atoms with Gasteiger partial charge in [0.15, 0.2) is 0 Å². The molecule has 0 bridgehead atoms. The normalized spacial score (nSPS) is 15.2. The Hall–Kier alpha value is -3.16. The average molecular weight is 450 g/mol. The summed E-state index contributed by atoms with van der Waals surface area (Å²) in [6.45, 7) is 4.53. The van der Waals surface area contributed by atoms with Crippen LogP contribution in [0.1, 0.15) is 32.8 Å². The monoisotopic (exact) mass is 449 g/mol. The van der Waals surface area contributed by atoms with E-state index < -0.39 is 5.97 Å². The van der Waals surface area contributed by atoms with Crippen LogP contribution in [-0.4, -0.2) is 26.2 Å². The molecule has 1 aliphatic heterocycles. The van der Waals surface area contributed by atoms with Gasteiger partial charge in [0, 0.05) is 11.6 Å². The molecule has 2 heterocycles. The van der Waals surface area contributed by atoms with Crippen LogP contribution in [0, 0.1) is 13.8 Å². The van der Waals surface area contributed by atoms with Gasteiger partial charge in [0.05, 0.1) is 17.0 Å². The summed E-state index contributed by atoms with van der Waals surface area (Å²) in [5.74, 6) is 0.00725. The summed E-state index contributed by atoms with van der Waals surface area (Å²) >= 11 is 6.71. The van der Waals surface area contributed by atoms with Crippen molar-refractivity contribution in [2.24, 2.45) is 0 Å². The highest BCUT2D eigenvalue weighted by atomic mass is 32.2. The van der Waals surface area contributed by atoms with Crippen LogP contribution in [0.2, 0.25) is 0 Å². The first kappa shape index (κ1) is 21.1. The fraction of sp³-hybridized carbons (Fsp3) is 0.125. The Morgan fingerprint density at radius 2 is 1.87 bits per heavy atom. The number of benzene rings is 2. The van der Waals surface area contributed by atoms with Crippen molar-refractivity contribution in [3.63, 3.8) is 0 Å². The molecule has 5 nitrogen and oxygen atoms in total. The number of thioether (sulfide) groups is 1. The minimum atomic E-state index is -0.977. The van der Waals surface area contributed by atoms with Crippen LogP contribution < -0.4 is 0 Å². The summed E-state index contributed by atoms with van der Waals surface area (Å²) in [5, 5.41) is 9.02. The molecule has 3 aromatic rings. The zero-order valence-electron chi connectivity index (χ0n) is 16.9. The lowest BCUT2D eigenvalue weighted by Gasteiger charge is -2.17. The van der Waals surface area contributed by atoms with Crippen molar-refractivity contribution >= 4 is 46.3 Å². The second-order valence-electron chi connectivity index (χ2n) is 7.21. The number of hydrogen-bond acceptors (Lipinski definition) is 5. The molecule has 1 saturated heterocycles. The average Bonchev–Trinajstić information content (AvgIpc) is 3.31. The summed E-state index contributed by atoms with van der Waals surface area (Å²) in [5.41, 5.74) is 4.38. The Balaban J connectivity index is 1.53. The molecular weight excluding hydrogens is 430 g/mol. The molecule has 0 aliphatic carbocycles. The van der Waals surface area contributed by atoms with Crippen molar-refractivity contribution in [2.75, 3.05) is 0 Å². The number of carboxylic acid groups (broad SMARTS) is 1. The van der Waals surface area contributed by atoms with Gasteiger partial charge in [-0.05, 0) is 54.8 Å². The Morgan fingerprint density at radius 1 is 1.13 bits per heavy atom. The van der Waals surface area contributed by atoms with Crippen LogP contribution in [0.3, 0.4) is 0 Å². The van der Waals surface area contributed by atoms with Gasteiger partial charge in [-0.15, -0.1) is 0 Å². The van der Waals surface area contributed by atoms with Crippen LogP contribution in [-0.2, 0) is 11.3 Å². The Labute approximate surface area is 189 Å². The number of nitrogens with zero attached hydrogens (tertiary/aromatic N) is 1. The largest absolute Gasteiger partial charge is 0.478 e. The van der Waals surface area contributed by atoms with Gasteiger partial charge in [0.25, 0.3) is 5.91 Å². The fourth-order valence-corrected chi connectivity index (χ4v) is 4.52. The van der Waals surface area contributed by atoms with Gasteiger partial charge in [-0.1, -0.05) is 54.3 Å². The number of hydrogen-bond donors (Lipinski definition) is 1. The van der Waals surface area contributed by atoms with Crippen molar-refractivity contribution in [1.82, 2.24) is 4.90 Å². The maximum absolute atomic E-state index is 13.0. The maximum Gasteiger partial charge on any atom is 0.335 e. The third-order valence-electron chi connectivity index (χ3n) is 5.24. The molecule has 31 heavy (non-hydrogen) atoms. The van der Waals surface area contributed by atoms with Gasteiger partial charge in [0.1, 0.15) is 15.8 Å². The number of carbonyl (C=O) groups excluding carboxylic acids is 1. The quantitative estimate of drug-likeness (QED) is 0.400. The highest BCUT2D eigenvalue weighted by molar-refractivity contribution is 8.26. The van der Waals surface area contributed by atoms with Gasteiger partial charge in [0.2, 0.25) is 0 Å². The highest BCUT2D eigenvalue weighted by Crippen LogP contribution is 2.35. The Morgan fingerprint density at radius 3 is 2.58 bits per heavy atom. The van der Waals surface area contributed by atoms with E-state index in [0.717, 1.165) is 16.7 Å². The molecule has 1 aliphatic rings.